The zero-order valence-electron chi connectivity index (χ0n) is 16.1. The molecule has 1 aliphatic rings. The van der Waals surface area contributed by atoms with Crippen LogP contribution in [0, 0.1) is 0 Å². The summed E-state index contributed by atoms with van der Waals surface area (Å²) in [6.07, 6.45) is 1.91. The van der Waals surface area contributed by atoms with Crippen LogP contribution in [0.25, 0.3) is 11.0 Å². The third-order valence-electron chi connectivity index (χ3n) is 4.52. The molecule has 3 heterocycles. The summed E-state index contributed by atoms with van der Waals surface area (Å²) in [7, 11) is 1.98. The molecule has 0 aliphatic carbocycles. The van der Waals surface area contributed by atoms with Crippen LogP contribution in [-0.4, -0.2) is 45.5 Å². The molecule has 2 N–H and O–H groups in total. The Labute approximate surface area is 154 Å². The Hall–Kier alpha value is -2.28. The number of nitrogens with zero attached hydrogens (tertiary/aromatic N) is 3. The van der Waals surface area contributed by atoms with Gasteiger partial charge in [-0.2, -0.15) is 0 Å². The lowest BCUT2D eigenvalue weighted by Crippen LogP contribution is -2.35. The number of carbonyl (C=O) groups is 1. The standard InChI is InChI=1S/C19H28N4O3/c1-12(20-18(25)26-19(2,3)4)17-16(23-9-6-13(24)11-23)10-15-14(21-17)7-8-22(15)5/h7-8,10,12-13,24H,6,9,11H2,1-5H3,(H,20,25). The number of aromatic nitrogens is 2. The van der Waals surface area contributed by atoms with Gasteiger partial charge >= 0.3 is 6.09 Å². The number of β-amino-alcohol motifs (C(OH)–C–C–N with tert-alkyl or cyclic N) is 1. The molecule has 0 spiro atoms. The van der Waals surface area contributed by atoms with E-state index in [0.717, 1.165) is 35.4 Å². The summed E-state index contributed by atoms with van der Waals surface area (Å²) in [6.45, 7) is 8.75. The smallest absolute Gasteiger partial charge is 0.408 e. The number of pyridine rings is 1. The van der Waals surface area contributed by atoms with Gasteiger partial charge in [-0.05, 0) is 46.2 Å². The van der Waals surface area contributed by atoms with Gasteiger partial charge in [-0.25, -0.2) is 9.78 Å². The van der Waals surface area contributed by atoms with E-state index in [-0.39, 0.29) is 12.1 Å². The first-order chi connectivity index (χ1) is 12.1. The van der Waals surface area contributed by atoms with E-state index in [0.29, 0.717) is 6.54 Å². The zero-order chi connectivity index (χ0) is 19.1. The lowest BCUT2D eigenvalue weighted by Gasteiger charge is -2.26. The minimum absolute atomic E-state index is 0.317. The maximum absolute atomic E-state index is 12.2. The van der Waals surface area contributed by atoms with Gasteiger partial charge in [0.2, 0.25) is 0 Å². The van der Waals surface area contributed by atoms with Crippen LogP contribution in [0.3, 0.4) is 0 Å². The highest BCUT2D eigenvalue weighted by molar-refractivity contribution is 5.81. The summed E-state index contributed by atoms with van der Waals surface area (Å²) in [5.41, 5.74) is 3.07. The summed E-state index contributed by atoms with van der Waals surface area (Å²) < 4.78 is 7.39. The van der Waals surface area contributed by atoms with Gasteiger partial charge in [0.05, 0.1) is 34.6 Å². The fourth-order valence-electron chi connectivity index (χ4n) is 3.27. The Bertz CT molecular complexity index is 809. The summed E-state index contributed by atoms with van der Waals surface area (Å²) in [6, 6.07) is 3.73. The number of hydrogen-bond donors (Lipinski definition) is 2. The molecule has 7 heteroatoms. The number of alkyl carbamates (subject to hydrolysis) is 1. The molecule has 1 fully saturated rings. The van der Waals surface area contributed by atoms with Crippen molar-refractivity contribution in [3.05, 3.63) is 24.0 Å². The molecule has 2 aromatic rings. The van der Waals surface area contributed by atoms with Crippen molar-refractivity contribution in [1.29, 1.82) is 0 Å². The number of rotatable bonds is 3. The summed E-state index contributed by atoms with van der Waals surface area (Å²) in [5.74, 6) is 0. The molecule has 1 aliphatic heterocycles. The van der Waals surface area contributed by atoms with Crippen LogP contribution < -0.4 is 10.2 Å². The third kappa shape index (κ3) is 3.93. The second kappa shape index (κ2) is 6.79. The SMILES string of the molecule is CC(NC(=O)OC(C)(C)C)c1nc2ccn(C)c2cc1N1CCC(O)C1. The van der Waals surface area contributed by atoms with Gasteiger partial charge in [0.15, 0.2) is 0 Å². The highest BCUT2D eigenvalue weighted by atomic mass is 16.6. The second-order valence-electron chi connectivity index (χ2n) is 7.98. The Kier molecular flexibility index (Phi) is 4.84. The largest absolute Gasteiger partial charge is 0.444 e. The van der Waals surface area contributed by atoms with E-state index < -0.39 is 11.7 Å². The summed E-state index contributed by atoms with van der Waals surface area (Å²) >= 11 is 0. The average Bonchev–Trinajstić information content (AvgIpc) is 3.10. The average molecular weight is 360 g/mol. The number of hydrogen-bond acceptors (Lipinski definition) is 5. The summed E-state index contributed by atoms with van der Waals surface area (Å²) in [4.78, 5) is 19.1. The first-order valence-electron chi connectivity index (χ1n) is 9.02. The first-order valence-corrected chi connectivity index (χ1v) is 9.02. The van der Waals surface area contributed by atoms with Crippen molar-refractivity contribution in [3.63, 3.8) is 0 Å². The fraction of sp³-hybridized carbons (Fsp3) is 0.579. The highest BCUT2D eigenvalue weighted by Crippen LogP contribution is 2.31. The van der Waals surface area contributed by atoms with Crippen molar-refractivity contribution >= 4 is 22.8 Å². The fourth-order valence-corrected chi connectivity index (χ4v) is 3.27. The maximum atomic E-state index is 12.2. The van der Waals surface area contributed by atoms with Crippen LogP contribution in [0.4, 0.5) is 10.5 Å². The molecule has 3 rings (SSSR count). The number of aliphatic hydroxyl groups excluding tert-OH is 1. The topological polar surface area (TPSA) is 79.6 Å². The van der Waals surface area contributed by atoms with Crippen LogP contribution in [-0.2, 0) is 11.8 Å². The van der Waals surface area contributed by atoms with Gasteiger partial charge in [-0.15, -0.1) is 0 Å². The number of nitrogens with one attached hydrogen (secondary N) is 1. The van der Waals surface area contributed by atoms with E-state index in [1.165, 1.54) is 0 Å². The monoisotopic (exact) mass is 360 g/mol. The first kappa shape index (κ1) is 18.5. The molecular weight excluding hydrogens is 332 g/mol. The number of amides is 1. The van der Waals surface area contributed by atoms with Gasteiger partial charge in [0.1, 0.15) is 5.60 Å². The predicted molar refractivity (Wildman–Crippen MR) is 101 cm³/mol. The molecule has 26 heavy (non-hydrogen) atoms. The normalized spacial score (nSPS) is 19.0. The Morgan fingerprint density at radius 3 is 2.81 bits per heavy atom. The molecule has 0 radical (unpaired) electrons. The van der Waals surface area contributed by atoms with Crippen molar-refractivity contribution in [3.8, 4) is 0 Å². The third-order valence-corrected chi connectivity index (χ3v) is 4.52. The van der Waals surface area contributed by atoms with Crippen molar-refractivity contribution in [2.45, 2.75) is 51.9 Å². The predicted octanol–water partition coefficient (Wildman–Crippen LogP) is 2.73. The molecule has 7 nitrogen and oxygen atoms in total. The van der Waals surface area contributed by atoms with E-state index in [1.54, 1.807) is 0 Å². The van der Waals surface area contributed by atoms with Gasteiger partial charge < -0.3 is 24.6 Å². The number of anilines is 1. The number of carbonyl (C=O) groups excluding carboxylic acids is 1. The molecule has 142 valence electrons. The van der Waals surface area contributed by atoms with Crippen LogP contribution >= 0.6 is 0 Å². The van der Waals surface area contributed by atoms with Crippen LogP contribution in [0.1, 0.15) is 45.9 Å². The minimum atomic E-state index is -0.553. The highest BCUT2D eigenvalue weighted by Gasteiger charge is 2.27. The van der Waals surface area contributed by atoms with Crippen molar-refractivity contribution < 1.29 is 14.6 Å². The maximum Gasteiger partial charge on any atom is 0.408 e. The molecule has 2 atom stereocenters. The molecule has 2 aromatic heterocycles. The number of fused-ring (bicyclic) bond motifs is 1. The Morgan fingerprint density at radius 2 is 2.19 bits per heavy atom. The molecule has 2 unspecified atom stereocenters. The van der Waals surface area contributed by atoms with Gasteiger partial charge in [0.25, 0.3) is 0 Å². The molecule has 1 amide bonds. The molecule has 0 bridgehead atoms. The van der Waals surface area contributed by atoms with Crippen LogP contribution in [0.5, 0.6) is 0 Å². The molecule has 1 saturated heterocycles. The van der Waals surface area contributed by atoms with Crippen LogP contribution in [0.15, 0.2) is 18.3 Å². The van der Waals surface area contributed by atoms with E-state index in [1.807, 2.05) is 51.6 Å². The zero-order valence-corrected chi connectivity index (χ0v) is 16.1. The van der Waals surface area contributed by atoms with Gasteiger partial charge in [0, 0.05) is 26.3 Å². The van der Waals surface area contributed by atoms with E-state index in [9.17, 15) is 9.90 Å². The Morgan fingerprint density at radius 1 is 1.46 bits per heavy atom. The van der Waals surface area contributed by atoms with Crippen molar-refractivity contribution in [1.82, 2.24) is 14.9 Å². The van der Waals surface area contributed by atoms with Crippen molar-refractivity contribution in [2.75, 3.05) is 18.0 Å². The summed E-state index contributed by atoms with van der Waals surface area (Å²) in [5, 5.41) is 12.8. The van der Waals surface area contributed by atoms with Crippen LogP contribution in [0.2, 0.25) is 0 Å². The van der Waals surface area contributed by atoms with Gasteiger partial charge in [-0.1, -0.05) is 0 Å². The molecule has 0 saturated carbocycles. The molecular formula is C19H28N4O3. The number of ether oxygens (including phenoxy) is 1. The molecule has 0 aromatic carbocycles. The van der Waals surface area contributed by atoms with Gasteiger partial charge in [-0.3, -0.25) is 0 Å². The van der Waals surface area contributed by atoms with E-state index in [4.69, 9.17) is 9.72 Å². The Balaban J connectivity index is 1.93. The number of aryl methyl sites for hydroxylation is 1. The van der Waals surface area contributed by atoms with E-state index >= 15 is 0 Å². The lowest BCUT2D eigenvalue weighted by molar-refractivity contribution is 0.0507. The number of aliphatic hydroxyl groups is 1. The van der Waals surface area contributed by atoms with Crippen molar-refractivity contribution in [2.24, 2.45) is 7.05 Å². The quantitative estimate of drug-likeness (QED) is 0.880. The lowest BCUT2D eigenvalue weighted by atomic mass is 10.1. The second-order valence-corrected chi connectivity index (χ2v) is 7.98. The minimum Gasteiger partial charge on any atom is -0.444 e. The van der Waals surface area contributed by atoms with E-state index in [2.05, 4.69) is 16.3 Å².